The van der Waals surface area contributed by atoms with Crippen LogP contribution in [0, 0.1) is 11.7 Å². The number of hydrogen-bond donors (Lipinski definition) is 0. The van der Waals surface area contributed by atoms with Crippen LogP contribution in [0.1, 0.15) is 55.4 Å². The van der Waals surface area contributed by atoms with E-state index in [1.807, 2.05) is 11.0 Å². The summed E-state index contributed by atoms with van der Waals surface area (Å²) in [5.74, 6) is 0.999. The second kappa shape index (κ2) is 7.67. The molecule has 0 N–H and O–H groups in total. The van der Waals surface area contributed by atoms with E-state index in [1.54, 1.807) is 19.1 Å². The molecule has 1 unspecified atom stereocenters. The molecule has 4 rings (SSSR count). The molecule has 4 heteroatoms. The Balaban J connectivity index is 1.58. The lowest BCUT2D eigenvalue weighted by Crippen LogP contribution is -2.36. The minimum Gasteiger partial charge on any atom is -0.312 e. The highest BCUT2D eigenvalue weighted by Gasteiger charge is 2.29. The van der Waals surface area contributed by atoms with Crippen LogP contribution in [0.2, 0.25) is 0 Å². The lowest BCUT2D eigenvalue weighted by molar-refractivity contribution is -0.116. The lowest BCUT2D eigenvalue weighted by atomic mass is 9.81. The van der Waals surface area contributed by atoms with Gasteiger partial charge in [-0.15, -0.1) is 0 Å². The molecule has 2 aliphatic heterocycles. The normalized spacial score (nSPS) is 19.5. The van der Waals surface area contributed by atoms with Crippen LogP contribution in [0.4, 0.5) is 10.1 Å². The molecule has 0 fully saturated rings. The molecule has 0 bridgehead atoms. The highest BCUT2D eigenvalue weighted by atomic mass is 19.1. The van der Waals surface area contributed by atoms with Crippen LogP contribution in [0.5, 0.6) is 0 Å². The predicted octanol–water partition coefficient (Wildman–Crippen LogP) is 4.88. The fraction of sp³-hybridized carbons (Fsp3) is 0.458. The molecule has 1 atom stereocenters. The Morgan fingerprint density at radius 3 is 2.71 bits per heavy atom. The molecule has 0 saturated heterocycles. The molecule has 28 heavy (non-hydrogen) atoms. The molecule has 2 aliphatic rings. The molecular weight excluding hydrogens is 351 g/mol. The third-order valence-electron chi connectivity index (χ3n) is 6.30. The number of nitrogens with zero attached hydrogens (tertiary/aromatic N) is 2. The van der Waals surface area contributed by atoms with Crippen molar-refractivity contribution in [3.05, 3.63) is 64.5 Å². The van der Waals surface area contributed by atoms with Gasteiger partial charge < -0.3 is 4.90 Å². The average Bonchev–Trinajstić information content (AvgIpc) is 2.66. The summed E-state index contributed by atoms with van der Waals surface area (Å²) in [5, 5.41) is 0. The molecule has 0 aromatic heterocycles. The zero-order valence-corrected chi connectivity index (χ0v) is 17.0. The summed E-state index contributed by atoms with van der Waals surface area (Å²) in [7, 11) is 0. The van der Waals surface area contributed by atoms with Gasteiger partial charge in [0, 0.05) is 38.8 Å². The largest absolute Gasteiger partial charge is 0.312 e. The number of carbonyl (C=O) groups excluding carboxylic acids is 1. The van der Waals surface area contributed by atoms with Crippen molar-refractivity contribution in [2.24, 2.45) is 5.92 Å². The third-order valence-corrected chi connectivity index (χ3v) is 6.30. The number of hydrogen-bond acceptors (Lipinski definition) is 2. The summed E-state index contributed by atoms with van der Waals surface area (Å²) in [6, 6.07) is 11.7. The monoisotopic (exact) mass is 380 g/mol. The molecule has 148 valence electrons. The van der Waals surface area contributed by atoms with E-state index in [0.29, 0.717) is 11.8 Å². The number of amides is 1. The number of anilines is 1. The van der Waals surface area contributed by atoms with Gasteiger partial charge >= 0.3 is 0 Å². The number of halogens is 1. The fourth-order valence-electron chi connectivity index (χ4n) is 4.79. The van der Waals surface area contributed by atoms with Gasteiger partial charge in [-0.3, -0.25) is 9.69 Å². The summed E-state index contributed by atoms with van der Waals surface area (Å²) in [4.78, 5) is 16.4. The number of benzene rings is 2. The molecule has 0 radical (unpaired) electrons. The summed E-state index contributed by atoms with van der Waals surface area (Å²) in [6.07, 6.45) is 1.98. The van der Waals surface area contributed by atoms with Gasteiger partial charge in [-0.1, -0.05) is 32.0 Å². The van der Waals surface area contributed by atoms with Crippen molar-refractivity contribution in [3.8, 4) is 0 Å². The van der Waals surface area contributed by atoms with Gasteiger partial charge in [-0.05, 0) is 65.1 Å². The Labute approximate surface area is 167 Å². The molecule has 2 aromatic rings. The molecule has 0 spiro atoms. The zero-order chi connectivity index (χ0) is 19.8. The summed E-state index contributed by atoms with van der Waals surface area (Å²) in [5.41, 5.74) is 6.02. The second-order valence-electron chi connectivity index (χ2n) is 8.58. The topological polar surface area (TPSA) is 23.6 Å². The van der Waals surface area contributed by atoms with Crippen molar-refractivity contribution in [3.63, 3.8) is 0 Å². The maximum absolute atomic E-state index is 13.6. The standard InChI is InChI=1S/C24H29FN2O/c1-16(2)22-9-11-27(17(3)28)24-7-4-18(12-23(22)24)14-26-10-8-19-5-6-21(25)13-20(19)15-26/h4-7,12-13,16,22H,8-11,14-15H2,1-3H3. The van der Waals surface area contributed by atoms with Gasteiger partial charge in [0.05, 0.1) is 0 Å². The van der Waals surface area contributed by atoms with E-state index in [1.165, 1.54) is 16.7 Å². The molecule has 2 aromatic carbocycles. The predicted molar refractivity (Wildman–Crippen MR) is 111 cm³/mol. The van der Waals surface area contributed by atoms with Crippen LogP contribution in [-0.2, 0) is 24.3 Å². The van der Waals surface area contributed by atoms with Crippen LogP contribution >= 0.6 is 0 Å². The van der Waals surface area contributed by atoms with Crippen LogP contribution in [0.15, 0.2) is 36.4 Å². The summed E-state index contributed by atoms with van der Waals surface area (Å²) >= 11 is 0. The third kappa shape index (κ3) is 3.70. The van der Waals surface area contributed by atoms with Crippen molar-refractivity contribution in [2.75, 3.05) is 18.0 Å². The molecule has 0 saturated carbocycles. The molecule has 3 nitrogen and oxygen atoms in total. The first-order chi connectivity index (χ1) is 13.4. The van der Waals surface area contributed by atoms with E-state index in [0.717, 1.165) is 50.3 Å². The van der Waals surface area contributed by atoms with Crippen LogP contribution in [-0.4, -0.2) is 23.9 Å². The molecule has 0 aliphatic carbocycles. The Kier molecular flexibility index (Phi) is 5.24. The second-order valence-corrected chi connectivity index (χ2v) is 8.58. The van der Waals surface area contributed by atoms with Crippen LogP contribution in [0.25, 0.3) is 0 Å². The first kappa shape index (κ1) is 19.1. The van der Waals surface area contributed by atoms with Crippen molar-refractivity contribution in [1.29, 1.82) is 0 Å². The highest BCUT2D eigenvalue weighted by molar-refractivity contribution is 5.93. The van der Waals surface area contributed by atoms with Crippen molar-refractivity contribution < 1.29 is 9.18 Å². The smallest absolute Gasteiger partial charge is 0.223 e. The Hall–Kier alpha value is -2.20. The molecular formula is C24H29FN2O. The maximum Gasteiger partial charge on any atom is 0.223 e. The lowest BCUT2D eigenvalue weighted by Gasteiger charge is -2.36. The number of carbonyl (C=O) groups is 1. The molecule has 1 amide bonds. The van der Waals surface area contributed by atoms with Crippen LogP contribution < -0.4 is 4.90 Å². The number of rotatable bonds is 3. The van der Waals surface area contributed by atoms with Crippen molar-refractivity contribution in [1.82, 2.24) is 4.90 Å². The van der Waals surface area contributed by atoms with E-state index in [9.17, 15) is 9.18 Å². The maximum atomic E-state index is 13.6. The van der Waals surface area contributed by atoms with Crippen molar-refractivity contribution in [2.45, 2.75) is 52.6 Å². The highest BCUT2D eigenvalue weighted by Crippen LogP contribution is 2.40. The van der Waals surface area contributed by atoms with Gasteiger partial charge in [0.1, 0.15) is 5.82 Å². The minimum absolute atomic E-state index is 0.117. The Bertz CT molecular complexity index is 892. The summed E-state index contributed by atoms with van der Waals surface area (Å²) in [6.45, 7) is 9.62. The van der Waals surface area contributed by atoms with E-state index in [2.05, 4.69) is 36.9 Å². The SMILES string of the molecule is CC(=O)N1CCC(C(C)C)c2cc(CN3CCc4ccc(F)cc4C3)ccc21. The zero-order valence-electron chi connectivity index (χ0n) is 17.0. The van der Waals surface area contributed by atoms with Gasteiger partial charge in [-0.2, -0.15) is 0 Å². The molecule has 2 heterocycles. The first-order valence-corrected chi connectivity index (χ1v) is 10.3. The Morgan fingerprint density at radius 2 is 1.96 bits per heavy atom. The van der Waals surface area contributed by atoms with E-state index >= 15 is 0 Å². The fourth-order valence-corrected chi connectivity index (χ4v) is 4.79. The minimum atomic E-state index is -0.154. The first-order valence-electron chi connectivity index (χ1n) is 10.3. The van der Waals surface area contributed by atoms with Crippen LogP contribution in [0.3, 0.4) is 0 Å². The van der Waals surface area contributed by atoms with Gasteiger partial charge in [0.2, 0.25) is 5.91 Å². The van der Waals surface area contributed by atoms with E-state index < -0.39 is 0 Å². The van der Waals surface area contributed by atoms with Crippen molar-refractivity contribution >= 4 is 11.6 Å². The Morgan fingerprint density at radius 1 is 1.14 bits per heavy atom. The van der Waals surface area contributed by atoms with E-state index in [4.69, 9.17) is 0 Å². The summed E-state index contributed by atoms with van der Waals surface area (Å²) < 4.78 is 13.6. The quantitative estimate of drug-likeness (QED) is 0.758. The van der Waals surface area contributed by atoms with Gasteiger partial charge in [0.25, 0.3) is 0 Å². The number of fused-ring (bicyclic) bond motifs is 2. The van der Waals surface area contributed by atoms with Gasteiger partial charge in [0.15, 0.2) is 0 Å². The average molecular weight is 381 g/mol. The van der Waals surface area contributed by atoms with Gasteiger partial charge in [-0.25, -0.2) is 4.39 Å². The van der Waals surface area contributed by atoms with E-state index in [-0.39, 0.29) is 11.7 Å².